The van der Waals surface area contributed by atoms with Gasteiger partial charge in [-0.15, -0.1) is 6.42 Å². The second-order valence-electron chi connectivity index (χ2n) is 4.59. The number of hydrogen-bond donors (Lipinski definition) is 3. The van der Waals surface area contributed by atoms with Crippen LogP contribution < -0.4 is 21.5 Å². The number of hydrogen-bond acceptors (Lipinski definition) is 4. The third-order valence-corrected chi connectivity index (χ3v) is 3.02. The molecule has 0 spiro atoms. The van der Waals surface area contributed by atoms with Crippen molar-refractivity contribution in [3.63, 3.8) is 0 Å². The van der Waals surface area contributed by atoms with Gasteiger partial charge in [-0.2, -0.15) is 0 Å². The summed E-state index contributed by atoms with van der Waals surface area (Å²) in [6.45, 7) is 2.26. The molecule has 0 aromatic heterocycles. The van der Waals surface area contributed by atoms with E-state index in [9.17, 15) is 4.79 Å². The van der Waals surface area contributed by atoms with Gasteiger partial charge in [0.15, 0.2) is 0 Å². The fraction of sp³-hybridized carbons (Fsp3) is 0.118. The summed E-state index contributed by atoms with van der Waals surface area (Å²) in [6.07, 6.45) is 5.34. The van der Waals surface area contributed by atoms with Crippen molar-refractivity contribution in [2.45, 2.75) is 6.92 Å². The molecule has 2 aromatic rings. The van der Waals surface area contributed by atoms with Gasteiger partial charge in [-0.05, 0) is 37.3 Å². The molecule has 0 aliphatic heterocycles. The zero-order chi connectivity index (χ0) is 16.1. The van der Waals surface area contributed by atoms with Gasteiger partial charge in [-0.25, -0.2) is 0 Å². The van der Waals surface area contributed by atoms with Crippen LogP contribution in [0.3, 0.4) is 0 Å². The maximum atomic E-state index is 12.3. The van der Waals surface area contributed by atoms with Crippen molar-refractivity contribution < 1.29 is 9.53 Å². The Morgan fingerprint density at radius 1 is 1.32 bits per heavy atom. The van der Waals surface area contributed by atoms with Gasteiger partial charge in [0.25, 0.3) is 5.91 Å². The smallest absolute Gasteiger partial charge is 0.255 e. The second-order valence-corrected chi connectivity index (χ2v) is 4.59. The van der Waals surface area contributed by atoms with Crippen LogP contribution in [0.15, 0.2) is 36.4 Å². The van der Waals surface area contributed by atoms with E-state index in [2.05, 4.69) is 11.2 Å². The van der Waals surface area contributed by atoms with Crippen molar-refractivity contribution in [3.8, 4) is 18.1 Å². The highest BCUT2D eigenvalue weighted by Crippen LogP contribution is 2.29. The molecule has 0 saturated heterocycles. The first-order valence-electron chi connectivity index (χ1n) is 6.75. The van der Waals surface area contributed by atoms with Gasteiger partial charge >= 0.3 is 0 Å². The number of benzene rings is 2. The van der Waals surface area contributed by atoms with Crippen LogP contribution in [-0.4, -0.2) is 12.5 Å². The molecular weight excluding hydrogens is 278 g/mol. The average Bonchev–Trinajstić information content (AvgIpc) is 2.52. The molecule has 1 amide bonds. The Morgan fingerprint density at radius 3 is 2.77 bits per heavy atom. The van der Waals surface area contributed by atoms with Crippen LogP contribution in [0.5, 0.6) is 5.75 Å². The van der Waals surface area contributed by atoms with Crippen molar-refractivity contribution in [2.75, 3.05) is 23.4 Å². The summed E-state index contributed by atoms with van der Waals surface area (Å²) in [5.74, 6) is 2.59. The Hall–Kier alpha value is -3.13. The number of rotatable bonds is 4. The standard InChI is InChI=1S/C17H17N3O2/c1-3-11-6-5-7-13(8-11)20-17(21)12-9-14(18)16(19)15(10-12)22-4-2/h1,5-10H,4,18-19H2,2H3,(H,20,21). The van der Waals surface area contributed by atoms with E-state index in [1.54, 1.807) is 30.3 Å². The Morgan fingerprint density at radius 2 is 2.09 bits per heavy atom. The molecule has 5 heteroatoms. The molecule has 0 aliphatic carbocycles. The molecule has 2 rings (SSSR count). The van der Waals surface area contributed by atoms with Crippen LogP contribution in [0.2, 0.25) is 0 Å². The van der Waals surface area contributed by atoms with E-state index in [0.29, 0.717) is 40.5 Å². The Balaban J connectivity index is 2.27. The van der Waals surface area contributed by atoms with Crippen LogP contribution in [0.4, 0.5) is 17.1 Å². The maximum Gasteiger partial charge on any atom is 0.255 e. The zero-order valence-corrected chi connectivity index (χ0v) is 12.2. The first-order valence-corrected chi connectivity index (χ1v) is 6.75. The van der Waals surface area contributed by atoms with Crippen LogP contribution in [0.25, 0.3) is 0 Å². The van der Waals surface area contributed by atoms with Gasteiger partial charge in [0.1, 0.15) is 5.75 Å². The summed E-state index contributed by atoms with van der Waals surface area (Å²) in [5.41, 5.74) is 13.9. The number of carbonyl (C=O) groups is 1. The fourth-order valence-electron chi connectivity index (χ4n) is 1.94. The quantitative estimate of drug-likeness (QED) is 0.597. The van der Waals surface area contributed by atoms with E-state index in [-0.39, 0.29) is 5.91 Å². The molecule has 0 bridgehead atoms. The number of terminal acetylenes is 1. The molecule has 0 aliphatic rings. The molecular formula is C17H17N3O2. The van der Waals surface area contributed by atoms with Gasteiger partial charge in [0.05, 0.1) is 18.0 Å². The Kier molecular flexibility index (Phi) is 4.54. The SMILES string of the molecule is C#Cc1cccc(NC(=O)c2cc(N)c(N)c(OCC)c2)c1. The normalized spacial score (nSPS) is 9.82. The predicted molar refractivity (Wildman–Crippen MR) is 88.8 cm³/mol. The van der Waals surface area contributed by atoms with Gasteiger partial charge in [0, 0.05) is 16.8 Å². The van der Waals surface area contributed by atoms with Gasteiger partial charge in [0.2, 0.25) is 0 Å². The molecule has 0 atom stereocenters. The lowest BCUT2D eigenvalue weighted by atomic mass is 10.1. The summed E-state index contributed by atoms with van der Waals surface area (Å²) in [7, 11) is 0. The number of anilines is 3. The number of carbonyl (C=O) groups excluding carboxylic acids is 1. The predicted octanol–water partition coefficient (Wildman–Crippen LogP) is 2.48. The van der Waals surface area contributed by atoms with Crippen LogP contribution >= 0.6 is 0 Å². The number of nitrogen functional groups attached to an aromatic ring is 2. The summed E-state index contributed by atoms with van der Waals surface area (Å²) < 4.78 is 5.38. The van der Waals surface area contributed by atoms with Gasteiger partial charge in [-0.3, -0.25) is 4.79 Å². The molecule has 5 N–H and O–H groups in total. The van der Waals surface area contributed by atoms with Gasteiger partial charge in [-0.1, -0.05) is 12.0 Å². The lowest BCUT2D eigenvalue weighted by Gasteiger charge is -2.12. The fourth-order valence-corrected chi connectivity index (χ4v) is 1.94. The van der Waals surface area contributed by atoms with Crippen molar-refractivity contribution in [2.24, 2.45) is 0 Å². The highest BCUT2D eigenvalue weighted by atomic mass is 16.5. The molecule has 112 valence electrons. The minimum atomic E-state index is -0.318. The summed E-state index contributed by atoms with van der Waals surface area (Å²) in [5, 5.41) is 2.76. The minimum absolute atomic E-state index is 0.300. The van der Waals surface area contributed by atoms with E-state index in [0.717, 1.165) is 0 Å². The topological polar surface area (TPSA) is 90.4 Å². The van der Waals surface area contributed by atoms with Gasteiger partial charge < -0.3 is 21.5 Å². The van der Waals surface area contributed by atoms with E-state index in [4.69, 9.17) is 22.6 Å². The number of nitrogens with one attached hydrogen (secondary N) is 1. The zero-order valence-electron chi connectivity index (χ0n) is 12.2. The number of ether oxygens (including phenoxy) is 1. The molecule has 22 heavy (non-hydrogen) atoms. The Bertz CT molecular complexity index is 748. The first kappa shape index (κ1) is 15.3. The lowest BCUT2D eigenvalue weighted by Crippen LogP contribution is -2.13. The van der Waals surface area contributed by atoms with Crippen LogP contribution in [0, 0.1) is 12.3 Å². The molecule has 2 aromatic carbocycles. The van der Waals surface area contributed by atoms with E-state index in [1.165, 1.54) is 6.07 Å². The third-order valence-electron chi connectivity index (χ3n) is 3.02. The maximum absolute atomic E-state index is 12.3. The number of nitrogens with two attached hydrogens (primary N) is 2. The van der Waals surface area contributed by atoms with Crippen molar-refractivity contribution in [1.82, 2.24) is 0 Å². The highest BCUT2D eigenvalue weighted by Gasteiger charge is 2.13. The molecule has 0 unspecified atom stereocenters. The minimum Gasteiger partial charge on any atom is -0.492 e. The Labute approximate surface area is 129 Å². The first-order chi connectivity index (χ1) is 10.5. The molecule has 0 heterocycles. The third kappa shape index (κ3) is 3.30. The molecule has 0 saturated carbocycles. The molecule has 0 radical (unpaired) electrons. The van der Waals surface area contributed by atoms with Crippen LogP contribution in [-0.2, 0) is 0 Å². The van der Waals surface area contributed by atoms with Crippen LogP contribution in [0.1, 0.15) is 22.8 Å². The summed E-state index contributed by atoms with van der Waals surface area (Å²) in [4.78, 5) is 12.3. The molecule has 5 nitrogen and oxygen atoms in total. The largest absolute Gasteiger partial charge is 0.492 e. The van der Waals surface area contributed by atoms with E-state index in [1.807, 2.05) is 6.92 Å². The van der Waals surface area contributed by atoms with Crippen molar-refractivity contribution >= 4 is 23.0 Å². The molecule has 0 fully saturated rings. The van der Waals surface area contributed by atoms with Crippen molar-refractivity contribution in [3.05, 3.63) is 47.5 Å². The van der Waals surface area contributed by atoms with Crippen molar-refractivity contribution in [1.29, 1.82) is 0 Å². The summed E-state index contributed by atoms with van der Waals surface area (Å²) in [6, 6.07) is 10.1. The van der Waals surface area contributed by atoms with E-state index < -0.39 is 0 Å². The summed E-state index contributed by atoms with van der Waals surface area (Å²) >= 11 is 0. The highest BCUT2D eigenvalue weighted by molar-refractivity contribution is 6.06. The lowest BCUT2D eigenvalue weighted by molar-refractivity contribution is 0.102. The monoisotopic (exact) mass is 295 g/mol. The van der Waals surface area contributed by atoms with E-state index >= 15 is 0 Å². The second kappa shape index (κ2) is 6.55. The average molecular weight is 295 g/mol. The number of amides is 1.